The first-order chi connectivity index (χ1) is 6.77. The highest BCUT2D eigenvalue weighted by Gasteiger charge is 2.61. The Balaban J connectivity index is 1.95. The third-order valence-corrected chi connectivity index (χ3v) is 4.71. The van der Waals surface area contributed by atoms with E-state index in [9.17, 15) is 0 Å². The van der Waals surface area contributed by atoms with Gasteiger partial charge in [0.2, 0.25) is 0 Å². The topological polar surface area (TPSA) is 27.7 Å². The molecule has 0 aromatic heterocycles. The molecule has 0 radical (unpaired) electrons. The highest BCUT2D eigenvalue weighted by Crippen LogP contribution is 2.58. The fourth-order valence-corrected chi connectivity index (χ4v) is 3.71. The maximum absolute atomic E-state index is 5.46. The second-order valence-corrected chi connectivity index (χ2v) is 5.22. The predicted molar refractivity (Wildman–Crippen MR) is 50.2 cm³/mol. The molecule has 3 heteroatoms. The third kappa shape index (κ3) is 0.980. The molecule has 1 saturated heterocycles. The molecule has 3 nitrogen and oxygen atoms in total. The van der Waals surface area contributed by atoms with Crippen molar-refractivity contribution < 1.29 is 14.8 Å². The Bertz CT molecular complexity index is 232. The first kappa shape index (κ1) is 9.13. The molecule has 80 valence electrons. The summed E-state index contributed by atoms with van der Waals surface area (Å²) >= 11 is 0. The summed E-state index contributed by atoms with van der Waals surface area (Å²) in [6, 6.07) is 0. The normalized spacial score (nSPS) is 45.6. The Morgan fingerprint density at radius 3 is 2.57 bits per heavy atom. The van der Waals surface area contributed by atoms with Gasteiger partial charge in [-0.1, -0.05) is 17.9 Å². The zero-order chi connectivity index (χ0) is 9.65. The quantitative estimate of drug-likeness (QED) is 0.560. The molecule has 0 aromatic rings. The molecule has 14 heavy (non-hydrogen) atoms. The average Bonchev–Trinajstić information content (AvgIpc) is 2.76. The van der Waals surface area contributed by atoms with E-state index in [1.165, 1.54) is 38.5 Å². The molecule has 1 spiro atoms. The van der Waals surface area contributed by atoms with Gasteiger partial charge in [0, 0.05) is 5.41 Å². The number of hydrogen-bond donors (Lipinski definition) is 0. The van der Waals surface area contributed by atoms with Gasteiger partial charge in [-0.15, -0.1) is 0 Å². The van der Waals surface area contributed by atoms with E-state index in [-0.39, 0.29) is 11.7 Å². The summed E-state index contributed by atoms with van der Waals surface area (Å²) < 4.78 is 0. The van der Waals surface area contributed by atoms with Gasteiger partial charge in [0.25, 0.3) is 0 Å². The lowest BCUT2D eigenvalue weighted by atomic mass is 9.61. The molecule has 2 atom stereocenters. The molecule has 2 aliphatic carbocycles. The molecule has 0 aromatic carbocycles. The zero-order valence-electron chi connectivity index (χ0n) is 8.75. The third-order valence-electron chi connectivity index (χ3n) is 4.71. The van der Waals surface area contributed by atoms with E-state index in [0.29, 0.717) is 5.41 Å². The Morgan fingerprint density at radius 2 is 1.79 bits per heavy atom. The van der Waals surface area contributed by atoms with E-state index in [1.807, 2.05) is 0 Å². The van der Waals surface area contributed by atoms with Crippen LogP contribution < -0.4 is 0 Å². The molecule has 2 saturated carbocycles. The van der Waals surface area contributed by atoms with Crippen LogP contribution in [0.2, 0.25) is 0 Å². The van der Waals surface area contributed by atoms with E-state index in [4.69, 9.17) is 14.8 Å². The Kier molecular flexibility index (Phi) is 1.92. The van der Waals surface area contributed by atoms with Crippen molar-refractivity contribution in [2.24, 2.45) is 5.41 Å². The second-order valence-electron chi connectivity index (χ2n) is 5.22. The van der Waals surface area contributed by atoms with Gasteiger partial charge in [-0.3, -0.25) is 0 Å². The molecule has 1 aliphatic heterocycles. The van der Waals surface area contributed by atoms with Crippen LogP contribution in [0.25, 0.3) is 0 Å². The van der Waals surface area contributed by atoms with Gasteiger partial charge >= 0.3 is 0 Å². The molecule has 1 heterocycles. The van der Waals surface area contributed by atoms with E-state index in [2.05, 4.69) is 6.92 Å². The van der Waals surface area contributed by atoms with E-state index >= 15 is 0 Å². The second kappa shape index (κ2) is 2.94. The highest BCUT2D eigenvalue weighted by molar-refractivity contribution is 5.07. The molecule has 3 aliphatic rings. The molecular weight excluding hydrogens is 180 g/mol. The Morgan fingerprint density at radius 1 is 1.07 bits per heavy atom. The minimum absolute atomic E-state index is 0.161. The largest absolute Gasteiger partial charge is 0.200 e. The van der Waals surface area contributed by atoms with Crippen molar-refractivity contribution in [1.29, 1.82) is 0 Å². The van der Waals surface area contributed by atoms with Gasteiger partial charge in [0.15, 0.2) is 0 Å². The summed E-state index contributed by atoms with van der Waals surface area (Å²) in [5.74, 6) is 0. The zero-order valence-corrected chi connectivity index (χ0v) is 8.75. The van der Waals surface area contributed by atoms with Crippen LogP contribution in [-0.2, 0) is 14.8 Å². The summed E-state index contributed by atoms with van der Waals surface area (Å²) in [5, 5.41) is 4.78. The fourth-order valence-electron chi connectivity index (χ4n) is 3.71. The molecule has 0 bridgehead atoms. The van der Waals surface area contributed by atoms with Gasteiger partial charge in [-0.25, -0.2) is 0 Å². The van der Waals surface area contributed by atoms with Gasteiger partial charge in [0.1, 0.15) is 11.7 Å². The first-order valence-electron chi connectivity index (χ1n) is 5.78. The fraction of sp³-hybridized carbons (Fsp3) is 1.00. The monoisotopic (exact) mass is 198 g/mol. The van der Waals surface area contributed by atoms with E-state index < -0.39 is 0 Å². The van der Waals surface area contributed by atoms with Crippen molar-refractivity contribution >= 4 is 0 Å². The van der Waals surface area contributed by atoms with Crippen LogP contribution in [0.3, 0.4) is 0 Å². The average molecular weight is 198 g/mol. The van der Waals surface area contributed by atoms with E-state index in [0.717, 1.165) is 6.42 Å². The Hall–Kier alpha value is -0.120. The maximum atomic E-state index is 5.46. The highest BCUT2D eigenvalue weighted by atomic mass is 17.5. The lowest BCUT2D eigenvalue weighted by Gasteiger charge is -2.46. The molecular formula is C11H18O3. The van der Waals surface area contributed by atoms with Gasteiger partial charge in [-0.05, 0) is 39.0 Å². The lowest BCUT2D eigenvalue weighted by Crippen LogP contribution is -2.54. The number of fused-ring (bicyclic) bond motifs is 2. The number of rotatable bonds is 0. The van der Waals surface area contributed by atoms with Crippen molar-refractivity contribution in [3.05, 3.63) is 0 Å². The number of hydrogen-bond acceptors (Lipinski definition) is 3. The van der Waals surface area contributed by atoms with Crippen molar-refractivity contribution in [2.45, 2.75) is 63.6 Å². The van der Waals surface area contributed by atoms with Crippen LogP contribution in [0.1, 0.15) is 51.9 Å². The summed E-state index contributed by atoms with van der Waals surface area (Å²) in [4.78, 5) is 10.7. The minimum atomic E-state index is -0.179. The first-order valence-corrected chi connectivity index (χ1v) is 5.78. The predicted octanol–water partition coefficient (Wildman–Crippen LogP) is 2.75. The molecule has 0 amide bonds. The summed E-state index contributed by atoms with van der Waals surface area (Å²) in [7, 11) is 0. The van der Waals surface area contributed by atoms with Crippen LogP contribution in [0.5, 0.6) is 0 Å². The SMILES string of the molecule is CC12OOOC1CCCC21CCCC1. The maximum Gasteiger partial charge on any atom is 0.139 e. The summed E-state index contributed by atoms with van der Waals surface area (Å²) in [6.07, 6.45) is 9.03. The smallest absolute Gasteiger partial charge is 0.139 e. The van der Waals surface area contributed by atoms with Gasteiger partial charge in [0.05, 0.1) is 0 Å². The van der Waals surface area contributed by atoms with Crippen molar-refractivity contribution in [3.63, 3.8) is 0 Å². The van der Waals surface area contributed by atoms with Crippen LogP contribution in [0, 0.1) is 5.41 Å². The molecule has 2 unspecified atom stereocenters. The minimum Gasteiger partial charge on any atom is -0.200 e. The lowest BCUT2D eigenvalue weighted by molar-refractivity contribution is -0.477. The van der Waals surface area contributed by atoms with Gasteiger partial charge in [-0.2, -0.15) is 9.78 Å². The van der Waals surface area contributed by atoms with E-state index in [1.54, 1.807) is 0 Å². The summed E-state index contributed by atoms with van der Waals surface area (Å²) in [5.41, 5.74) is 0.161. The molecule has 3 fully saturated rings. The van der Waals surface area contributed by atoms with Gasteiger partial charge < -0.3 is 0 Å². The standard InChI is InChI=1S/C11H18O3/c1-10-9(12-14-13-10)5-4-8-11(10)6-2-3-7-11/h9H,2-8H2,1H3. The van der Waals surface area contributed by atoms with Crippen molar-refractivity contribution in [2.75, 3.05) is 0 Å². The van der Waals surface area contributed by atoms with Crippen LogP contribution in [0.4, 0.5) is 0 Å². The summed E-state index contributed by atoms with van der Waals surface area (Å²) in [6.45, 7) is 2.18. The van der Waals surface area contributed by atoms with Crippen molar-refractivity contribution in [3.8, 4) is 0 Å². The van der Waals surface area contributed by atoms with Crippen molar-refractivity contribution in [1.82, 2.24) is 0 Å². The Labute approximate surface area is 84.6 Å². The van der Waals surface area contributed by atoms with Crippen LogP contribution in [-0.4, -0.2) is 11.7 Å². The molecule has 0 N–H and O–H groups in total. The molecule has 3 rings (SSSR count). The van der Waals surface area contributed by atoms with Crippen LogP contribution >= 0.6 is 0 Å². The van der Waals surface area contributed by atoms with Crippen LogP contribution in [0.15, 0.2) is 0 Å².